The molecule has 4 rings (SSSR count). The number of anilines is 1. The van der Waals surface area contributed by atoms with Crippen molar-refractivity contribution in [1.82, 2.24) is 5.32 Å². The standard InChI is InChI=1S/C27H29FN2O3S/c1-2-33-24-12-6-5-11-23(24)26(27(32)29-20-8-3-4-9-20)30(21-15-13-19(28)14-16-21)25(31)18-22-10-7-17-34-22/h5-7,10-17,20,26H,2-4,8-9,18H2,1H3,(H,29,32)/t26-/m1/s1. The molecule has 0 aliphatic heterocycles. The van der Waals surface area contributed by atoms with Crippen LogP contribution in [0.1, 0.15) is 49.1 Å². The maximum absolute atomic E-state index is 13.8. The number of ether oxygens (including phenoxy) is 1. The van der Waals surface area contributed by atoms with Crippen LogP contribution in [0, 0.1) is 5.82 Å². The third-order valence-electron chi connectivity index (χ3n) is 6.00. The molecule has 1 N–H and O–H groups in total. The van der Waals surface area contributed by atoms with Crippen molar-refractivity contribution in [3.63, 3.8) is 0 Å². The zero-order chi connectivity index (χ0) is 23.9. The first-order valence-corrected chi connectivity index (χ1v) is 12.6. The lowest BCUT2D eigenvalue weighted by atomic mass is 10.0. The fraction of sp³-hybridized carbons (Fsp3) is 0.333. The molecule has 0 unspecified atom stereocenters. The molecule has 0 radical (unpaired) electrons. The van der Waals surface area contributed by atoms with E-state index in [-0.39, 0.29) is 24.3 Å². The normalized spacial score (nSPS) is 14.5. The van der Waals surface area contributed by atoms with Gasteiger partial charge in [-0.1, -0.05) is 37.1 Å². The SMILES string of the molecule is CCOc1ccccc1[C@H](C(=O)NC1CCCC1)N(C(=O)Cc1cccs1)c1ccc(F)cc1. The van der Waals surface area contributed by atoms with Gasteiger partial charge in [0.25, 0.3) is 0 Å². The molecule has 2 amide bonds. The second kappa shape index (κ2) is 11.3. The fourth-order valence-electron chi connectivity index (χ4n) is 4.43. The number of thiophene rings is 1. The molecule has 0 saturated heterocycles. The van der Waals surface area contributed by atoms with Gasteiger partial charge in [-0.25, -0.2) is 4.39 Å². The maximum atomic E-state index is 13.8. The van der Waals surface area contributed by atoms with Crippen LogP contribution in [0.15, 0.2) is 66.0 Å². The summed E-state index contributed by atoms with van der Waals surface area (Å²) in [6, 6.07) is 15.9. The number of halogens is 1. The fourth-order valence-corrected chi connectivity index (χ4v) is 5.12. The Morgan fingerprint density at radius 3 is 2.50 bits per heavy atom. The Kier molecular flexibility index (Phi) is 7.95. The van der Waals surface area contributed by atoms with Crippen LogP contribution in [0.5, 0.6) is 5.75 Å². The van der Waals surface area contributed by atoms with Crippen LogP contribution in [-0.4, -0.2) is 24.5 Å². The summed E-state index contributed by atoms with van der Waals surface area (Å²) in [6.45, 7) is 2.30. The molecule has 1 saturated carbocycles. The van der Waals surface area contributed by atoms with Gasteiger partial charge in [0, 0.05) is 22.2 Å². The minimum atomic E-state index is -0.957. The summed E-state index contributed by atoms with van der Waals surface area (Å²) >= 11 is 1.49. The molecule has 34 heavy (non-hydrogen) atoms. The lowest BCUT2D eigenvalue weighted by Gasteiger charge is -2.33. The van der Waals surface area contributed by atoms with E-state index in [4.69, 9.17) is 4.74 Å². The Labute approximate surface area is 203 Å². The van der Waals surface area contributed by atoms with Gasteiger partial charge in [-0.3, -0.25) is 14.5 Å². The van der Waals surface area contributed by atoms with E-state index in [1.54, 1.807) is 18.2 Å². The summed E-state index contributed by atoms with van der Waals surface area (Å²) < 4.78 is 19.6. The lowest BCUT2D eigenvalue weighted by Crippen LogP contribution is -2.47. The van der Waals surface area contributed by atoms with Gasteiger partial charge in [-0.05, 0) is 61.5 Å². The molecule has 0 spiro atoms. The molecule has 0 bridgehead atoms. The molecule has 1 aromatic heterocycles. The zero-order valence-corrected chi connectivity index (χ0v) is 20.0. The smallest absolute Gasteiger partial charge is 0.248 e. The predicted octanol–water partition coefficient (Wildman–Crippen LogP) is 5.66. The summed E-state index contributed by atoms with van der Waals surface area (Å²) in [7, 11) is 0. The molecular weight excluding hydrogens is 451 g/mol. The van der Waals surface area contributed by atoms with E-state index in [9.17, 15) is 14.0 Å². The maximum Gasteiger partial charge on any atom is 0.248 e. The number of nitrogens with zero attached hydrogens (tertiary/aromatic N) is 1. The summed E-state index contributed by atoms with van der Waals surface area (Å²) in [5, 5.41) is 5.08. The molecule has 1 fully saturated rings. The molecular formula is C27H29FN2O3S. The van der Waals surface area contributed by atoms with Crippen LogP contribution in [0.3, 0.4) is 0 Å². The van der Waals surface area contributed by atoms with E-state index in [1.165, 1.54) is 28.4 Å². The number of benzene rings is 2. The first kappa shape index (κ1) is 24.0. The molecule has 1 aliphatic rings. The summed E-state index contributed by atoms with van der Waals surface area (Å²) in [4.78, 5) is 29.9. The summed E-state index contributed by atoms with van der Waals surface area (Å²) in [5.41, 5.74) is 1.06. The van der Waals surface area contributed by atoms with Gasteiger partial charge in [0.15, 0.2) is 0 Å². The van der Waals surface area contributed by atoms with Gasteiger partial charge in [-0.2, -0.15) is 0 Å². The molecule has 1 atom stereocenters. The number of hydrogen-bond donors (Lipinski definition) is 1. The highest BCUT2D eigenvalue weighted by Gasteiger charge is 2.36. The van der Waals surface area contributed by atoms with Crippen molar-refractivity contribution in [2.45, 2.75) is 51.1 Å². The van der Waals surface area contributed by atoms with Crippen LogP contribution in [0.4, 0.5) is 10.1 Å². The van der Waals surface area contributed by atoms with Crippen LogP contribution in [0.25, 0.3) is 0 Å². The monoisotopic (exact) mass is 480 g/mol. The quantitative estimate of drug-likeness (QED) is 0.430. The molecule has 178 valence electrons. The van der Waals surface area contributed by atoms with Crippen LogP contribution >= 0.6 is 11.3 Å². The van der Waals surface area contributed by atoms with E-state index in [0.717, 1.165) is 30.6 Å². The first-order chi connectivity index (χ1) is 16.6. The van der Waals surface area contributed by atoms with Crippen LogP contribution in [-0.2, 0) is 16.0 Å². The topological polar surface area (TPSA) is 58.6 Å². The van der Waals surface area contributed by atoms with E-state index >= 15 is 0 Å². The van der Waals surface area contributed by atoms with Gasteiger partial charge in [0.2, 0.25) is 11.8 Å². The molecule has 2 aromatic carbocycles. The van der Waals surface area contributed by atoms with Crippen molar-refractivity contribution in [2.75, 3.05) is 11.5 Å². The van der Waals surface area contributed by atoms with Crippen molar-refractivity contribution in [1.29, 1.82) is 0 Å². The largest absolute Gasteiger partial charge is 0.493 e. The number of carbonyl (C=O) groups is 2. The second-order valence-corrected chi connectivity index (χ2v) is 9.39. The average molecular weight is 481 g/mol. The Morgan fingerprint density at radius 2 is 1.82 bits per heavy atom. The Morgan fingerprint density at radius 1 is 1.09 bits per heavy atom. The molecule has 5 nitrogen and oxygen atoms in total. The molecule has 1 heterocycles. The number of hydrogen-bond acceptors (Lipinski definition) is 4. The first-order valence-electron chi connectivity index (χ1n) is 11.7. The lowest BCUT2D eigenvalue weighted by molar-refractivity contribution is -0.127. The third kappa shape index (κ3) is 5.65. The minimum absolute atomic E-state index is 0.0803. The zero-order valence-electron chi connectivity index (χ0n) is 19.2. The summed E-state index contributed by atoms with van der Waals surface area (Å²) in [6.07, 6.45) is 4.13. The number of rotatable bonds is 9. The van der Waals surface area contributed by atoms with E-state index in [2.05, 4.69) is 5.32 Å². The van der Waals surface area contributed by atoms with Gasteiger partial charge in [-0.15, -0.1) is 11.3 Å². The van der Waals surface area contributed by atoms with Gasteiger partial charge in [0.1, 0.15) is 17.6 Å². The van der Waals surface area contributed by atoms with E-state index in [1.807, 2.05) is 42.6 Å². The Hall–Kier alpha value is -3.19. The second-order valence-electron chi connectivity index (χ2n) is 8.36. The number of para-hydroxylation sites is 1. The van der Waals surface area contributed by atoms with Crippen molar-refractivity contribution in [2.24, 2.45) is 0 Å². The Bertz CT molecular complexity index is 1100. The number of amides is 2. The highest BCUT2D eigenvalue weighted by Crippen LogP contribution is 2.35. The van der Waals surface area contributed by atoms with Crippen molar-refractivity contribution in [3.05, 3.63) is 82.3 Å². The van der Waals surface area contributed by atoms with Crippen LogP contribution < -0.4 is 15.0 Å². The average Bonchev–Trinajstić information content (AvgIpc) is 3.53. The van der Waals surface area contributed by atoms with Gasteiger partial charge >= 0.3 is 0 Å². The predicted molar refractivity (Wildman–Crippen MR) is 133 cm³/mol. The van der Waals surface area contributed by atoms with E-state index < -0.39 is 11.9 Å². The van der Waals surface area contributed by atoms with Crippen molar-refractivity contribution >= 4 is 28.8 Å². The highest BCUT2D eigenvalue weighted by atomic mass is 32.1. The van der Waals surface area contributed by atoms with Gasteiger partial charge in [0.05, 0.1) is 13.0 Å². The van der Waals surface area contributed by atoms with Crippen LogP contribution in [0.2, 0.25) is 0 Å². The third-order valence-corrected chi connectivity index (χ3v) is 6.88. The number of nitrogens with one attached hydrogen (secondary N) is 1. The minimum Gasteiger partial charge on any atom is -0.493 e. The van der Waals surface area contributed by atoms with Crippen molar-refractivity contribution in [3.8, 4) is 5.75 Å². The molecule has 3 aromatic rings. The summed E-state index contributed by atoms with van der Waals surface area (Å²) in [5.74, 6) is -0.362. The number of carbonyl (C=O) groups excluding carboxylic acids is 2. The van der Waals surface area contributed by atoms with E-state index in [0.29, 0.717) is 23.6 Å². The molecule has 1 aliphatic carbocycles. The Balaban J connectivity index is 1.79. The highest BCUT2D eigenvalue weighted by molar-refractivity contribution is 7.10. The van der Waals surface area contributed by atoms with Gasteiger partial charge < -0.3 is 10.1 Å². The van der Waals surface area contributed by atoms with Crippen molar-refractivity contribution < 1.29 is 18.7 Å². The molecule has 7 heteroatoms.